The number of amides is 3. The first-order chi connectivity index (χ1) is 17.1. The summed E-state index contributed by atoms with van der Waals surface area (Å²) in [5, 5.41) is 2.84. The van der Waals surface area contributed by atoms with Gasteiger partial charge < -0.3 is 15.0 Å². The minimum atomic E-state index is -1.16. The third-order valence-electron chi connectivity index (χ3n) is 6.55. The summed E-state index contributed by atoms with van der Waals surface area (Å²) in [5.74, 6) is -3.46. The molecule has 2 saturated heterocycles. The van der Waals surface area contributed by atoms with Gasteiger partial charge in [0.05, 0.1) is 12.2 Å². The van der Waals surface area contributed by atoms with Crippen LogP contribution in [0, 0.1) is 23.4 Å². The van der Waals surface area contributed by atoms with Crippen LogP contribution in [0.5, 0.6) is 0 Å². The second-order valence-corrected chi connectivity index (χ2v) is 9.51. The standard InChI is InChI=1S/C26H28F3N3O4/c1-16(2)14-30-23(33)22-15-36-26(32(22)24(34)17-3-5-18(27)6-4-17)9-11-31(12-10-26)25(35)20-8-7-19(28)13-21(20)29/h3-8,13,16,22H,9-12,14-15H2,1-2H3,(H,30,33)/t22-/m1/s1. The van der Waals surface area contributed by atoms with Crippen LogP contribution in [0.1, 0.15) is 47.4 Å². The van der Waals surface area contributed by atoms with Crippen LogP contribution < -0.4 is 5.32 Å². The molecule has 1 spiro atoms. The maximum Gasteiger partial charge on any atom is 0.256 e. The molecule has 10 heteroatoms. The SMILES string of the molecule is CC(C)CNC(=O)[C@H]1COC2(CCN(C(=O)c3ccc(F)cc3F)CC2)N1C(=O)c1ccc(F)cc1. The molecule has 192 valence electrons. The Morgan fingerprint density at radius 3 is 2.25 bits per heavy atom. The lowest BCUT2D eigenvalue weighted by molar-refractivity contribution is -0.128. The van der Waals surface area contributed by atoms with Gasteiger partial charge in [0.2, 0.25) is 5.91 Å². The number of hydrogen-bond acceptors (Lipinski definition) is 4. The Morgan fingerprint density at radius 2 is 1.64 bits per heavy atom. The molecule has 2 aliphatic rings. The van der Waals surface area contributed by atoms with Crippen molar-refractivity contribution in [3.63, 3.8) is 0 Å². The number of carbonyl (C=O) groups excluding carboxylic acids is 3. The first-order valence-corrected chi connectivity index (χ1v) is 11.9. The lowest BCUT2D eigenvalue weighted by atomic mass is 9.96. The van der Waals surface area contributed by atoms with Crippen LogP contribution in [0.25, 0.3) is 0 Å². The Hall–Kier alpha value is -3.40. The molecule has 7 nitrogen and oxygen atoms in total. The van der Waals surface area contributed by atoms with E-state index in [0.717, 1.165) is 12.1 Å². The van der Waals surface area contributed by atoms with E-state index in [1.165, 1.54) is 34.1 Å². The van der Waals surface area contributed by atoms with E-state index in [2.05, 4.69) is 5.32 Å². The fourth-order valence-electron chi connectivity index (χ4n) is 4.61. The maximum atomic E-state index is 14.2. The van der Waals surface area contributed by atoms with Crippen LogP contribution >= 0.6 is 0 Å². The van der Waals surface area contributed by atoms with Gasteiger partial charge in [-0.15, -0.1) is 0 Å². The first kappa shape index (κ1) is 25.7. The normalized spacial score (nSPS) is 19.1. The number of benzene rings is 2. The van der Waals surface area contributed by atoms with Crippen molar-refractivity contribution in [1.82, 2.24) is 15.1 Å². The van der Waals surface area contributed by atoms with Crippen molar-refractivity contribution in [2.45, 2.75) is 38.5 Å². The van der Waals surface area contributed by atoms with Gasteiger partial charge in [0.25, 0.3) is 11.8 Å². The van der Waals surface area contributed by atoms with Crippen molar-refractivity contribution in [1.29, 1.82) is 0 Å². The van der Waals surface area contributed by atoms with Crippen LogP contribution in [0.3, 0.4) is 0 Å². The van der Waals surface area contributed by atoms with Gasteiger partial charge in [-0.05, 0) is 42.3 Å². The summed E-state index contributed by atoms with van der Waals surface area (Å²) in [6.07, 6.45) is 0.366. The molecule has 0 aliphatic carbocycles. The smallest absolute Gasteiger partial charge is 0.256 e. The van der Waals surface area contributed by atoms with Crippen LogP contribution in [0.2, 0.25) is 0 Å². The van der Waals surface area contributed by atoms with Crippen LogP contribution in [0.15, 0.2) is 42.5 Å². The van der Waals surface area contributed by atoms with Gasteiger partial charge in [-0.25, -0.2) is 13.2 Å². The Kier molecular flexibility index (Phi) is 7.35. The van der Waals surface area contributed by atoms with Gasteiger partial charge in [0.1, 0.15) is 29.2 Å². The molecule has 2 heterocycles. The van der Waals surface area contributed by atoms with Gasteiger partial charge in [0.15, 0.2) is 0 Å². The van der Waals surface area contributed by atoms with Crippen molar-refractivity contribution < 1.29 is 32.3 Å². The van der Waals surface area contributed by atoms with Crippen LogP contribution in [-0.2, 0) is 9.53 Å². The van der Waals surface area contributed by atoms with E-state index in [-0.39, 0.29) is 55.5 Å². The molecule has 2 aliphatic heterocycles. The highest BCUT2D eigenvalue weighted by atomic mass is 19.1. The lowest BCUT2D eigenvalue weighted by Gasteiger charge is -2.44. The van der Waals surface area contributed by atoms with Gasteiger partial charge >= 0.3 is 0 Å². The first-order valence-electron chi connectivity index (χ1n) is 11.9. The molecule has 0 aromatic heterocycles. The van der Waals surface area contributed by atoms with E-state index in [1.54, 1.807) is 0 Å². The zero-order chi connectivity index (χ0) is 26.0. The molecule has 0 radical (unpaired) electrons. The molecule has 36 heavy (non-hydrogen) atoms. The highest BCUT2D eigenvalue weighted by Gasteiger charge is 2.54. The Labute approximate surface area is 207 Å². The van der Waals surface area contributed by atoms with E-state index in [0.29, 0.717) is 12.6 Å². The summed E-state index contributed by atoms with van der Waals surface area (Å²) in [6.45, 7) is 4.55. The summed E-state index contributed by atoms with van der Waals surface area (Å²) in [7, 11) is 0. The van der Waals surface area contributed by atoms with Gasteiger partial charge in [-0.2, -0.15) is 0 Å². The van der Waals surface area contributed by atoms with E-state index < -0.39 is 41.0 Å². The number of piperidine rings is 1. The average Bonchev–Trinajstić information content (AvgIpc) is 3.21. The summed E-state index contributed by atoms with van der Waals surface area (Å²) in [5.41, 5.74) is -1.21. The van der Waals surface area contributed by atoms with Crippen molar-refractivity contribution in [3.05, 3.63) is 71.0 Å². The van der Waals surface area contributed by atoms with Gasteiger partial charge in [-0.3, -0.25) is 19.3 Å². The van der Waals surface area contributed by atoms with Crippen molar-refractivity contribution >= 4 is 17.7 Å². The summed E-state index contributed by atoms with van der Waals surface area (Å²) in [6, 6.07) is 6.91. The van der Waals surface area contributed by atoms with E-state index in [9.17, 15) is 27.6 Å². The van der Waals surface area contributed by atoms with Gasteiger partial charge in [0, 0.05) is 44.1 Å². The quantitative estimate of drug-likeness (QED) is 0.679. The molecular weight excluding hydrogens is 475 g/mol. The summed E-state index contributed by atoms with van der Waals surface area (Å²) < 4.78 is 47.0. The zero-order valence-corrected chi connectivity index (χ0v) is 20.1. The van der Waals surface area contributed by atoms with Crippen molar-refractivity contribution in [2.75, 3.05) is 26.2 Å². The number of rotatable bonds is 5. The van der Waals surface area contributed by atoms with Crippen LogP contribution in [0.4, 0.5) is 13.2 Å². The Bertz CT molecular complexity index is 1150. The number of likely N-dealkylation sites (tertiary alicyclic amines) is 1. The third kappa shape index (κ3) is 5.09. The molecule has 0 saturated carbocycles. The molecule has 3 amide bonds. The topological polar surface area (TPSA) is 79.0 Å². The van der Waals surface area contributed by atoms with Crippen molar-refractivity contribution in [2.24, 2.45) is 5.92 Å². The minimum absolute atomic E-state index is 0.0304. The predicted octanol–water partition coefficient (Wildman–Crippen LogP) is 3.35. The van der Waals surface area contributed by atoms with E-state index in [4.69, 9.17) is 4.74 Å². The second-order valence-electron chi connectivity index (χ2n) is 9.51. The minimum Gasteiger partial charge on any atom is -0.354 e. The van der Waals surface area contributed by atoms with E-state index in [1.807, 2.05) is 13.8 Å². The average molecular weight is 504 g/mol. The Morgan fingerprint density at radius 1 is 1.00 bits per heavy atom. The number of halogens is 3. The largest absolute Gasteiger partial charge is 0.354 e. The van der Waals surface area contributed by atoms with E-state index >= 15 is 0 Å². The molecule has 1 N–H and O–H groups in total. The maximum absolute atomic E-state index is 14.2. The van der Waals surface area contributed by atoms with Gasteiger partial charge in [-0.1, -0.05) is 13.8 Å². The monoisotopic (exact) mass is 503 g/mol. The number of nitrogens with one attached hydrogen (secondary N) is 1. The highest BCUT2D eigenvalue weighted by molar-refractivity contribution is 5.98. The lowest BCUT2D eigenvalue weighted by Crippen LogP contribution is -2.60. The fraction of sp³-hybridized carbons (Fsp3) is 0.423. The summed E-state index contributed by atoms with van der Waals surface area (Å²) >= 11 is 0. The molecule has 1 atom stereocenters. The highest BCUT2D eigenvalue weighted by Crippen LogP contribution is 2.39. The molecule has 2 fully saturated rings. The van der Waals surface area contributed by atoms with Crippen LogP contribution in [-0.4, -0.2) is 65.5 Å². The predicted molar refractivity (Wildman–Crippen MR) is 124 cm³/mol. The molecule has 0 unspecified atom stereocenters. The fourth-order valence-corrected chi connectivity index (χ4v) is 4.61. The van der Waals surface area contributed by atoms with Crippen molar-refractivity contribution in [3.8, 4) is 0 Å². The molecule has 4 rings (SSSR count). The molecule has 2 aromatic rings. The zero-order valence-electron chi connectivity index (χ0n) is 20.1. The summed E-state index contributed by atoms with van der Waals surface area (Å²) in [4.78, 5) is 42.3. The number of hydrogen-bond donors (Lipinski definition) is 1. The Balaban J connectivity index is 1.57. The number of nitrogens with zero attached hydrogens (tertiary/aromatic N) is 2. The number of carbonyl (C=O) groups is 3. The molecule has 0 bridgehead atoms. The molecule has 2 aromatic carbocycles. The second kappa shape index (κ2) is 10.3. The number of ether oxygens (including phenoxy) is 1. The molecular formula is C26H28F3N3O4. The third-order valence-corrected chi connectivity index (χ3v) is 6.55.